The zero-order valence-corrected chi connectivity index (χ0v) is 21.7. The second kappa shape index (κ2) is 13.9. The predicted molar refractivity (Wildman–Crippen MR) is 129 cm³/mol. The highest BCUT2D eigenvalue weighted by Crippen LogP contribution is 2.29. The van der Waals surface area contributed by atoms with Gasteiger partial charge in [0.15, 0.2) is 0 Å². The highest BCUT2D eigenvalue weighted by molar-refractivity contribution is 6.35. The van der Waals surface area contributed by atoms with E-state index >= 15 is 0 Å². The molecule has 0 bridgehead atoms. The predicted octanol–water partition coefficient (Wildman–Crippen LogP) is 3.58. The van der Waals surface area contributed by atoms with Gasteiger partial charge in [-0.2, -0.15) is 0 Å². The molecule has 1 N–H and O–H groups in total. The molecular formula is C24H27BrCl3N3O. The van der Waals surface area contributed by atoms with Gasteiger partial charge in [-0.1, -0.05) is 53.0 Å². The van der Waals surface area contributed by atoms with Crippen molar-refractivity contribution in [3.63, 3.8) is 0 Å². The number of nitrogens with zero attached hydrogens (tertiary/aromatic N) is 2. The first-order valence-electron chi connectivity index (χ1n) is 10.3. The number of allylic oxidation sites excluding steroid dienone is 1. The normalized spacial score (nSPS) is 12.0. The summed E-state index contributed by atoms with van der Waals surface area (Å²) in [6.07, 6.45) is 11.0. The average Bonchev–Trinajstić information content (AvgIpc) is 3.19. The van der Waals surface area contributed by atoms with Crippen LogP contribution in [0.1, 0.15) is 25.0 Å². The SMILES string of the molecule is CC=CCCOC(C[n+]1ccn(CCNc2ccc(Cl)cc2)c1)c1ccc(Cl)cc1Cl.[Br-]. The minimum absolute atomic E-state index is 0. The summed E-state index contributed by atoms with van der Waals surface area (Å²) in [5.41, 5.74) is 1.99. The van der Waals surface area contributed by atoms with Crippen molar-refractivity contribution in [1.29, 1.82) is 0 Å². The molecule has 1 heterocycles. The summed E-state index contributed by atoms with van der Waals surface area (Å²) in [6, 6.07) is 13.3. The van der Waals surface area contributed by atoms with E-state index in [1.54, 1.807) is 6.07 Å². The van der Waals surface area contributed by atoms with Gasteiger partial charge in [-0.15, -0.1) is 0 Å². The van der Waals surface area contributed by atoms with Gasteiger partial charge in [-0.3, -0.25) is 0 Å². The molecule has 0 spiro atoms. The molecule has 0 saturated carbocycles. The van der Waals surface area contributed by atoms with E-state index in [4.69, 9.17) is 39.5 Å². The van der Waals surface area contributed by atoms with Crippen molar-refractivity contribution in [3.8, 4) is 0 Å². The molecular weight excluding hydrogens is 533 g/mol. The second-order valence-corrected chi connectivity index (χ2v) is 8.44. The van der Waals surface area contributed by atoms with Crippen molar-refractivity contribution in [2.45, 2.75) is 32.5 Å². The molecule has 0 aliphatic carbocycles. The van der Waals surface area contributed by atoms with Crippen molar-refractivity contribution >= 4 is 40.5 Å². The molecule has 2 aromatic carbocycles. The zero-order valence-electron chi connectivity index (χ0n) is 17.9. The third-order valence-corrected chi connectivity index (χ3v) is 5.63. The molecule has 1 aromatic heterocycles. The van der Waals surface area contributed by atoms with Gasteiger partial charge in [0.05, 0.1) is 13.2 Å². The number of anilines is 1. The van der Waals surface area contributed by atoms with Crippen LogP contribution in [0.5, 0.6) is 0 Å². The molecule has 0 aliphatic heterocycles. The van der Waals surface area contributed by atoms with E-state index in [0.717, 1.165) is 35.8 Å². The van der Waals surface area contributed by atoms with Gasteiger partial charge in [0.25, 0.3) is 0 Å². The zero-order chi connectivity index (χ0) is 22.1. The van der Waals surface area contributed by atoms with Crippen LogP contribution in [0.4, 0.5) is 5.69 Å². The number of hydrogen-bond donors (Lipinski definition) is 1. The number of rotatable bonds is 11. The summed E-state index contributed by atoms with van der Waals surface area (Å²) >= 11 is 18.5. The number of benzene rings is 2. The maximum Gasteiger partial charge on any atom is 0.243 e. The van der Waals surface area contributed by atoms with Crippen LogP contribution >= 0.6 is 34.8 Å². The van der Waals surface area contributed by atoms with Crippen molar-refractivity contribution in [2.24, 2.45) is 0 Å². The van der Waals surface area contributed by atoms with Crippen LogP contribution in [0.3, 0.4) is 0 Å². The van der Waals surface area contributed by atoms with Gasteiger partial charge in [0, 0.05) is 26.3 Å². The first kappa shape index (κ1) is 26.7. The highest BCUT2D eigenvalue weighted by Gasteiger charge is 2.19. The molecule has 3 rings (SSSR count). The Balaban J connectivity index is 0.00000363. The van der Waals surface area contributed by atoms with E-state index in [-0.39, 0.29) is 23.1 Å². The van der Waals surface area contributed by atoms with Gasteiger partial charge in [0.2, 0.25) is 6.33 Å². The Labute approximate surface area is 215 Å². The smallest absolute Gasteiger partial charge is 0.243 e. The fourth-order valence-corrected chi connectivity index (χ4v) is 3.87. The summed E-state index contributed by atoms with van der Waals surface area (Å²) in [7, 11) is 0. The van der Waals surface area contributed by atoms with Crippen LogP contribution < -0.4 is 26.9 Å². The summed E-state index contributed by atoms with van der Waals surface area (Å²) < 4.78 is 10.4. The lowest BCUT2D eigenvalue weighted by Crippen LogP contribution is -3.00. The molecule has 3 aromatic rings. The topological polar surface area (TPSA) is 30.1 Å². The number of hydrogen-bond acceptors (Lipinski definition) is 2. The maximum absolute atomic E-state index is 6.46. The number of halogens is 4. The maximum atomic E-state index is 6.46. The lowest BCUT2D eigenvalue weighted by Gasteiger charge is -2.18. The van der Waals surface area contributed by atoms with Crippen LogP contribution in [0.15, 0.2) is 73.3 Å². The summed E-state index contributed by atoms with van der Waals surface area (Å²) in [6.45, 7) is 4.94. The van der Waals surface area contributed by atoms with Gasteiger partial charge in [-0.05, 0) is 49.7 Å². The molecule has 8 heteroatoms. The van der Waals surface area contributed by atoms with E-state index in [2.05, 4.69) is 39.2 Å². The Morgan fingerprint density at radius 1 is 1.09 bits per heavy atom. The molecule has 0 amide bonds. The molecule has 0 saturated heterocycles. The fourth-order valence-electron chi connectivity index (χ4n) is 3.22. The van der Waals surface area contributed by atoms with E-state index in [1.807, 2.05) is 49.4 Å². The molecule has 1 atom stereocenters. The first-order chi connectivity index (χ1) is 15.0. The molecule has 4 nitrogen and oxygen atoms in total. The second-order valence-electron chi connectivity index (χ2n) is 7.16. The van der Waals surface area contributed by atoms with E-state index in [0.29, 0.717) is 23.2 Å². The Bertz CT molecular complexity index is 992. The van der Waals surface area contributed by atoms with Crippen LogP contribution in [-0.2, 0) is 17.8 Å². The van der Waals surface area contributed by atoms with Crippen LogP contribution in [0.2, 0.25) is 15.1 Å². The minimum Gasteiger partial charge on any atom is -1.00 e. The van der Waals surface area contributed by atoms with Crippen molar-refractivity contribution in [2.75, 3.05) is 18.5 Å². The van der Waals surface area contributed by atoms with Crippen LogP contribution in [0.25, 0.3) is 0 Å². The molecule has 0 fully saturated rings. The minimum atomic E-state index is -0.164. The van der Waals surface area contributed by atoms with Gasteiger partial charge in [0.1, 0.15) is 31.6 Å². The number of imidazole rings is 1. The third-order valence-electron chi connectivity index (χ3n) is 4.81. The van der Waals surface area contributed by atoms with Crippen molar-refractivity contribution < 1.29 is 26.3 Å². The summed E-state index contributed by atoms with van der Waals surface area (Å²) in [4.78, 5) is 0. The Morgan fingerprint density at radius 2 is 1.84 bits per heavy atom. The average molecular weight is 560 g/mol. The monoisotopic (exact) mass is 557 g/mol. The highest BCUT2D eigenvalue weighted by atomic mass is 79.9. The molecule has 32 heavy (non-hydrogen) atoms. The molecule has 172 valence electrons. The lowest BCUT2D eigenvalue weighted by atomic mass is 10.1. The van der Waals surface area contributed by atoms with E-state index in [1.165, 1.54) is 0 Å². The van der Waals surface area contributed by atoms with Gasteiger partial charge < -0.3 is 27.0 Å². The van der Waals surface area contributed by atoms with E-state index in [9.17, 15) is 0 Å². The van der Waals surface area contributed by atoms with E-state index < -0.39 is 0 Å². The summed E-state index contributed by atoms with van der Waals surface area (Å²) in [5, 5.41) is 5.38. The van der Waals surface area contributed by atoms with Gasteiger partial charge >= 0.3 is 0 Å². The Morgan fingerprint density at radius 3 is 2.56 bits per heavy atom. The van der Waals surface area contributed by atoms with Crippen LogP contribution in [-0.4, -0.2) is 17.7 Å². The number of nitrogens with one attached hydrogen (secondary N) is 1. The molecule has 0 aliphatic rings. The first-order valence-corrected chi connectivity index (χ1v) is 11.4. The standard InChI is InChI=1S/C24H27Cl3N3O.BrH/c1-2-3-4-15-31-24(22-10-7-20(26)16-23(22)27)17-30-14-13-29(18-30)12-11-28-21-8-5-19(25)6-9-21;/h2-3,5-10,13-14,16,18,24,28H,4,11-12,15,17H2,1H3;1H/q+1;/p-1. The largest absolute Gasteiger partial charge is 1.00 e. The number of ether oxygens (including phenoxy) is 1. The fraction of sp³-hybridized carbons (Fsp3) is 0.292. The van der Waals surface area contributed by atoms with Gasteiger partial charge in [-0.25, -0.2) is 9.13 Å². The lowest BCUT2D eigenvalue weighted by molar-refractivity contribution is -0.704. The molecule has 1 unspecified atom stereocenters. The molecule has 0 radical (unpaired) electrons. The van der Waals surface area contributed by atoms with Crippen LogP contribution in [0, 0.1) is 0 Å². The Hall–Kier alpha value is -1.50. The third kappa shape index (κ3) is 8.45. The van der Waals surface area contributed by atoms with Crippen molar-refractivity contribution in [3.05, 3.63) is 94.0 Å². The Kier molecular flexibility index (Phi) is 11.6. The van der Waals surface area contributed by atoms with Crippen molar-refractivity contribution in [1.82, 2.24) is 4.57 Å². The quantitative estimate of drug-likeness (QED) is 0.221. The number of aromatic nitrogens is 2. The summed E-state index contributed by atoms with van der Waals surface area (Å²) in [5.74, 6) is 0.